The summed E-state index contributed by atoms with van der Waals surface area (Å²) in [4.78, 5) is 33.6. The Kier molecular flexibility index (Phi) is 5.15. The largest absolute Gasteiger partial charge is 0.461 e. The van der Waals surface area contributed by atoms with Gasteiger partial charge < -0.3 is 10.1 Å². The summed E-state index contributed by atoms with van der Waals surface area (Å²) in [6.07, 6.45) is 0. The van der Waals surface area contributed by atoms with Gasteiger partial charge in [0.15, 0.2) is 5.00 Å². The third-order valence-electron chi connectivity index (χ3n) is 2.50. The van der Waals surface area contributed by atoms with Crippen LogP contribution < -0.4 is 10.6 Å². The minimum absolute atomic E-state index is 0.106. The third-order valence-corrected chi connectivity index (χ3v) is 3.14. The highest BCUT2D eigenvalue weighted by Crippen LogP contribution is 2.20. The Morgan fingerprint density at radius 2 is 2.17 bits per heavy atom. The first-order valence-electron chi connectivity index (χ1n) is 6.33. The second-order valence-electron chi connectivity index (χ2n) is 4.06. The molecule has 2 N–H and O–H groups in total. The van der Waals surface area contributed by atoms with Crippen molar-refractivity contribution < 1.29 is 19.2 Å². The van der Waals surface area contributed by atoms with Crippen molar-refractivity contribution >= 4 is 39.9 Å². The number of nitrogens with zero attached hydrogens (tertiary/aromatic N) is 3. The molecule has 1 aromatic heterocycles. The van der Waals surface area contributed by atoms with Crippen LogP contribution in [0, 0.1) is 10.1 Å². The number of non-ortho nitro benzene ring substituents is 1. The van der Waals surface area contributed by atoms with Crippen LogP contribution in [0.15, 0.2) is 24.3 Å². The van der Waals surface area contributed by atoms with Gasteiger partial charge in [0.05, 0.1) is 11.5 Å². The fourth-order valence-electron chi connectivity index (χ4n) is 1.57. The number of aromatic nitrogens is 2. The summed E-state index contributed by atoms with van der Waals surface area (Å²) >= 11 is 0.809. The Labute approximate surface area is 133 Å². The van der Waals surface area contributed by atoms with E-state index in [2.05, 4.69) is 20.2 Å². The van der Waals surface area contributed by atoms with E-state index in [1.807, 2.05) is 0 Å². The van der Waals surface area contributed by atoms with Gasteiger partial charge in [-0.1, -0.05) is 10.6 Å². The normalized spacial score (nSPS) is 9.96. The lowest BCUT2D eigenvalue weighted by atomic mass is 10.3. The van der Waals surface area contributed by atoms with Gasteiger partial charge in [0.25, 0.3) is 5.69 Å². The zero-order valence-electron chi connectivity index (χ0n) is 11.8. The van der Waals surface area contributed by atoms with Gasteiger partial charge in [-0.15, -0.1) is 5.10 Å². The number of nitro groups is 1. The standard InChI is InChI=1S/C12H11N5O5S/c1-2-22-11(18)9-10(23-16-15-9)14-12(19)13-7-4-3-5-8(6-7)17(20)21/h3-6H,2H2,1H3,(H2,13,14,19). The molecular formula is C12H11N5O5S. The number of anilines is 2. The second-order valence-corrected chi connectivity index (χ2v) is 4.81. The SMILES string of the molecule is CCOC(=O)c1nnsc1NC(=O)Nc1cccc([N+](=O)[O-])c1. The van der Waals surface area contributed by atoms with E-state index in [-0.39, 0.29) is 28.7 Å². The third kappa shape index (κ3) is 4.20. The summed E-state index contributed by atoms with van der Waals surface area (Å²) in [5, 5.41) is 19.2. The zero-order valence-corrected chi connectivity index (χ0v) is 12.6. The monoisotopic (exact) mass is 337 g/mol. The lowest BCUT2D eigenvalue weighted by Crippen LogP contribution is -2.20. The Hall–Kier alpha value is -3.08. The minimum Gasteiger partial charge on any atom is -0.461 e. The van der Waals surface area contributed by atoms with Gasteiger partial charge in [-0.3, -0.25) is 15.4 Å². The second kappa shape index (κ2) is 7.26. The van der Waals surface area contributed by atoms with Crippen LogP contribution in [0.5, 0.6) is 0 Å². The smallest absolute Gasteiger partial charge is 0.362 e. The molecule has 2 aromatic rings. The van der Waals surface area contributed by atoms with Crippen LogP contribution in [0.4, 0.5) is 21.2 Å². The van der Waals surface area contributed by atoms with Crippen LogP contribution in [0.3, 0.4) is 0 Å². The van der Waals surface area contributed by atoms with Crippen LogP contribution in [0.1, 0.15) is 17.4 Å². The highest BCUT2D eigenvalue weighted by Gasteiger charge is 2.19. The fraction of sp³-hybridized carbons (Fsp3) is 0.167. The van der Waals surface area contributed by atoms with Gasteiger partial charge in [-0.25, -0.2) is 9.59 Å². The van der Waals surface area contributed by atoms with Crippen molar-refractivity contribution in [2.45, 2.75) is 6.92 Å². The number of benzene rings is 1. The summed E-state index contributed by atoms with van der Waals surface area (Å²) in [6.45, 7) is 1.80. The molecule has 120 valence electrons. The highest BCUT2D eigenvalue weighted by molar-refractivity contribution is 7.10. The first-order valence-corrected chi connectivity index (χ1v) is 7.10. The molecule has 0 radical (unpaired) electrons. The van der Waals surface area contributed by atoms with Gasteiger partial charge in [0, 0.05) is 29.4 Å². The average molecular weight is 337 g/mol. The molecule has 10 nitrogen and oxygen atoms in total. The number of carbonyl (C=O) groups excluding carboxylic acids is 2. The molecule has 2 rings (SSSR count). The number of ether oxygens (including phenoxy) is 1. The molecule has 23 heavy (non-hydrogen) atoms. The van der Waals surface area contributed by atoms with Crippen molar-refractivity contribution in [1.29, 1.82) is 0 Å². The predicted octanol–water partition coefficient (Wildman–Crippen LogP) is 2.27. The van der Waals surface area contributed by atoms with E-state index < -0.39 is 16.9 Å². The Morgan fingerprint density at radius 1 is 1.39 bits per heavy atom. The summed E-state index contributed by atoms with van der Waals surface area (Å²) in [5.41, 5.74) is -0.0348. The minimum atomic E-state index is -0.702. The number of rotatable bonds is 5. The number of nitrogens with one attached hydrogen (secondary N) is 2. The lowest BCUT2D eigenvalue weighted by molar-refractivity contribution is -0.384. The van der Waals surface area contributed by atoms with Gasteiger partial charge in [0.1, 0.15) is 0 Å². The first kappa shape index (κ1) is 16.3. The van der Waals surface area contributed by atoms with Crippen molar-refractivity contribution in [2.24, 2.45) is 0 Å². The number of hydrogen-bond donors (Lipinski definition) is 2. The number of urea groups is 1. The molecule has 1 aromatic carbocycles. The molecule has 0 saturated heterocycles. The fourth-order valence-corrected chi connectivity index (χ4v) is 2.12. The maximum atomic E-state index is 11.9. The molecule has 2 amide bonds. The first-order chi connectivity index (χ1) is 11.0. The quantitative estimate of drug-likeness (QED) is 0.485. The van der Waals surface area contributed by atoms with Gasteiger partial charge >= 0.3 is 12.0 Å². The van der Waals surface area contributed by atoms with E-state index in [9.17, 15) is 19.7 Å². The molecule has 0 saturated carbocycles. The maximum absolute atomic E-state index is 11.9. The van der Waals surface area contributed by atoms with Crippen molar-refractivity contribution in [2.75, 3.05) is 17.2 Å². The molecular weight excluding hydrogens is 326 g/mol. The summed E-state index contributed by atoms with van der Waals surface area (Å²) in [5.74, 6) is -0.702. The van der Waals surface area contributed by atoms with E-state index in [4.69, 9.17) is 4.74 Å². The predicted molar refractivity (Wildman–Crippen MR) is 81.6 cm³/mol. The Morgan fingerprint density at radius 3 is 2.87 bits per heavy atom. The molecule has 0 unspecified atom stereocenters. The van der Waals surface area contributed by atoms with Crippen LogP contribution >= 0.6 is 11.5 Å². The average Bonchev–Trinajstić information content (AvgIpc) is 2.95. The molecule has 11 heteroatoms. The summed E-state index contributed by atoms with van der Waals surface area (Å²) in [6, 6.07) is 4.74. The van der Waals surface area contributed by atoms with E-state index in [0.717, 1.165) is 11.5 Å². The van der Waals surface area contributed by atoms with E-state index in [1.54, 1.807) is 6.92 Å². The van der Waals surface area contributed by atoms with E-state index >= 15 is 0 Å². The number of esters is 1. The molecule has 0 spiro atoms. The summed E-state index contributed by atoms with van der Waals surface area (Å²) in [7, 11) is 0. The highest BCUT2D eigenvalue weighted by atomic mass is 32.1. The van der Waals surface area contributed by atoms with Crippen molar-refractivity contribution in [3.8, 4) is 0 Å². The summed E-state index contributed by atoms with van der Waals surface area (Å²) < 4.78 is 8.37. The van der Waals surface area contributed by atoms with E-state index in [1.165, 1.54) is 24.3 Å². The van der Waals surface area contributed by atoms with Crippen LogP contribution in [0.25, 0.3) is 0 Å². The number of carbonyl (C=O) groups is 2. The Bertz CT molecular complexity index is 747. The van der Waals surface area contributed by atoms with Gasteiger partial charge in [0.2, 0.25) is 5.69 Å². The molecule has 0 atom stereocenters. The molecule has 0 fully saturated rings. The molecule has 0 aliphatic rings. The zero-order chi connectivity index (χ0) is 16.8. The van der Waals surface area contributed by atoms with Crippen LogP contribution in [-0.4, -0.2) is 33.1 Å². The van der Waals surface area contributed by atoms with Crippen molar-refractivity contribution in [3.05, 3.63) is 40.1 Å². The topological polar surface area (TPSA) is 136 Å². The van der Waals surface area contributed by atoms with Crippen LogP contribution in [-0.2, 0) is 4.74 Å². The molecule has 0 bridgehead atoms. The number of amides is 2. The Balaban J connectivity index is 2.06. The molecule has 1 heterocycles. The molecule has 0 aliphatic heterocycles. The van der Waals surface area contributed by atoms with Gasteiger partial charge in [-0.05, 0) is 13.0 Å². The number of nitro benzene ring substituents is 1. The van der Waals surface area contributed by atoms with Gasteiger partial charge in [-0.2, -0.15) is 0 Å². The molecule has 0 aliphatic carbocycles. The number of hydrogen-bond acceptors (Lipinski definition) is 8. The van der Waals surface area contributed by atoms with Crippen LogP contribution in [0.2, 0.25) is 0 Å². The van der Waals surface area contributed by atoms with Crippen molar-refractivity contribution in [3.63, 3.8) is 0 Å². The van der Waals surface area contributed by atoms with Crippen molar-refractivity contribution in [1.82, 2.24) is 9.59 Å². The maximum Gasteiger partial charge on any atom is 0.362 e. The lowest BCUT2D eigenvalue weighted by Gasteiger charge is -2.06. The van der Waals surface area contributed by atoms with E-state index in [0.29, 0.717) is 0 Å².